The van der Waals surface area contributed by atoms with Crippen molar-refractivity contribution in [1.82, 2.24) is 0 Å². The number of carbonyl (C=O) groups excluding carboxylic acids is 1. The van der Waals surface area contributed by atoms with Crippen LogP contribution in [0, 0.1) is 0 Å². The number of carbonyl (C=O) groups is 1. The van der Waals surface area contributed by atoms with Gasteiger partial charge in [0.15, 0.2) is 11.5 Å². The first-order valence-corrected chi connectivity index (χ1v) is 10.5. The van der Waals surface area contributed by atoms with Gasteiger partial charge in [0.2, 0.25) is 0 Å². The Morgan fingerprint density at radius 2 is 1.77 bits per heavy atom. The molecule has 0 aliphatic heterocycles. The van der Waals surface area contributed by atoms with Crippen molar-refractivity contribution in [2.24, 2.45) is 0 Å². The van der Waals surface area contributed by atoms with Crippen LogP contribution in [0.5, 0.6) is 11.5 Å². The molecule has 0 saturated carbocycles. The van der Waals surface area contributed by atoms with Gasteiger partial charge in [-0.25, -0.2) is 4.79 Å². The molecule has 0 unspecified atom stereocenters. The maximum Gasteiger partial charge on any atom is 0.338 e. The molecule has 3 rings (SSSR count). The van der Waals surface area contributed by atoms with Gasteiger partial charge in [0.1, 0.15) is 6.61 Å². The van der Waals surface area contributed by atoms with Crippen molar-refractivity contribution >= 4 is 34.9 Å². The zero-order valence-electron chi connectivity index (χ0n) is 17.3. The van der Waals surface area contributed by atoms with Gasteiger partial charge in [-0.1, -0.05) is 35.3 Å². The van der Waals surface area contributed by atoms with Gasteiger partial charge in [0.25, 0.3) is 0 Å². The number of methoxy groups -OCH3 is 1. The fraction of sp³-hybridized carbons (Fsp3) is 0.208. The summed E-state index contributed by atoms with van der Waals surface area (Å²) < 4.78 is 16.4. The number of benzene rings is 3. The molecule has 0 fully saturated rings. The fourth-order valence-corrected chi connectivity index (χ4v) is 3.44. The highest BCUT2D eigenvalue weighted by atomic mass is 35.5. The maximum atomic E-state index is 11.7. The molecule has 31 heavy (non-hydrogen) atoms. The zero-order valence-corrected chi connectivity index (χ0v) is 18.8. The number of nitrogens with one attached hydrogen (secondary N) is 1. The lowest BCUT2D eigenvalue weighted by atomic mass is 10.1. The number of halogens is 2. The van der Waals surface area contributed by atoms with Gasteiger partial charge in [0.05, 0.1) is 24.3 Å². The second-order valence-electron chi connectivity index (χ2n) is 6.68. The topological polar surface area (TPSA) is 56.8 Å². The molecule has 0 bridgehead atoms. The van der Waals surface area contributed by atoms with E-state index < -0.39 is 0 Å². The van der Waals surface area contributed by atoms with Crippen molar-refractivity contribution in [2.45, 2.75) is 20.1 Å². The van der Waals surface area contributed by atoms with E-state index in [0.29, 0.717) is 46.9 Å². The molecule has 0 aromatic heterocycles. The van der Waals surface area contributed by atoms with Gasteiger partial charge in [0, 0.05) is 17.3 Å². The predicted molar refractivity (Wildman–Crippen MR) is 124 cm³/mol. The van der Waals surface area contributed by atoms with Gasteiger partial charge < -0.3 is 19.5 Å². The molecule has 3 aromatic carbocycles. The van der Waals surface area contributed by atoms with Crippen LogP contribution in [0.2, 0.25) is 10.0 Å². The molecule has 0 radical (unpaired) electrons. The largest absolute Gasteiger partial charge is 0.493 e. The van der Waals surface area contributed by atoms with Crippen LogP contribution < -0.4 is 14.8 Å². The van der Waals surface area contributed by atoms with E-state index in [0.717, 1.165) is 16.8 Å². The van der Waals surface area contributed by atoms with E-state index in [9.17, 15) is 4.79 Å². The molecule has 0 saturated heterocycles. The molecule has 0 aliphatic rings. The van der Waals surface area contributed by atoms with Crippen molar-refractivity contribution in [3.63, 3.8) is 0 Å². The third-order valence-electron chi connectivity index (χ3n) is 4.45. The van der Waals surface area contributed by atoms with Crippen LogP contribution in [0.3, 0.4) is 0 Å². The summed E-state index contributed by atoms with van der Waals surface area (Å²) in [6.07, 6.45) is 0. The third kappa shape index (κ3) is 6.29. The summed E-state index contributed by atoms with van der Waals surface area (Å²) in [5.74, 6) is 0.689. The van der Waals surface area contributed by atoms with Gasteiger partial charge >= 0.3 is 5.97 Å². The Labute approximate surface area is 191 Å². The van der Waals surface area contributed by atoms with Crippen molar-refractivity contribution in [3.8, 4) is 11.5 Å². The van der Waals surface area contributed by atoms with Gasteiger partial charge in [-0.05, 0) is 66.6 Å². The number of ether oxygens (including phenoxy) is 3. The minimum Gasteiger partial charge on any atom is -0.493 e. The van der Waals surface area contributed by atoms with Crippen LogP contribution in [-0.4, -0.2) is 19.7 Å². The van der Waals surface area contributed by atoms with Crippen LogP contribution >= 0.6 is 23.2 Å². The first-order chi connectivity index (χ1) is 15.0. The van der Waals surface area contributed by atoms with Crippen LogP contribution in [0.15, 0.2) is 60.7 Å². The second-order valence-corrected chi connectivity index (χ2v) is 7.52. The van der Waals surface area contributed by atoms with Gasteiger partial charge in [-0.2, -0.15) is 0 Å². The Hall–Kier alpha value is -2.89. The first-order valence-electron chi connectivity index (χ1n) is 9.75. The summed E-state index contributed by atoms with van der Waals surface area (Å²) in [6, 6.07) is 18.3. The van der Waals surface area contributed by atoms with Crippen LogP contribution in [0.4, 0.5) is 5.69 Å². The predicted octanol–water partition coefficient (Wildman–Crippen LogP) is 6.37. The summed E-state index contributed by atoms with van der Waals surface area (Å²) in [5, 5.41) is 4.40. The Morgan fingerprint density at radius 1 is 1.00 bits per heavy atom. The van der Waals surface area contributed by atoms with Crippen molar-refractivity contribution in [1.29, 1.82) is 0 Å². The Balaban J connectivity index is 1.66. The lowest BCUT2D eigenvalue weighted by Gasteiger charge is -2.15. The van der Waals surface area contributed by atoms with Crippen molar-refractivity contribution in [3.05, 3.63) is 87.4 Å². The molecule has 0 atom stereocenters. The highest BCUT2D eigenvalue weighted by molar-refractivity contribution is 6.32. The van der Waals surface area contributed by atoms with E-state index in [2.05, 4.69) is 5.32 Å². The van der Waals surface area contributed by atoms with Gasteiger partial charge in [-0.15, -0.1) is 0 Å². The normalized spacial score (nSPS) is 10.5. The SMILES string of the molecule is CCOC(=O)c1ccc(NCc2cc(Cl)c(OCc3cccc(Cl)c3)c(OC)c2)cc1. The van der Waals surface area contributed by atoms with Crippen molar-refractivity contribution < 1.29 is 19.0 Å². The molecule has 1 N–H and O–H groups in total. The highest BCUT2D eigenvalue weighted by Crippen LogP contribution is 2.37. The smallest absolute Gasteiger partial charge is 0.338 e. The molecule has 5 nitrogen and oxygen atoms in total. The molecule has 3 aromatic rings. The van der Waals surface area contributed by atoms with E-state index in [-0.39, 0.29) is 5.97 Å². The molecule has 7 heteroatoms. The van der Waals surface area contributed by atoms with Crippen LogP contribution in [0.25, 0.3) is 0 Å². The van der Waals surface area contributed by atoms with Gasteiger partial charge in [-0.3, -0.25) is 0 Å². The van der Waals surface area contributed by atoms with E-state index in [4.69, 9.17) is 37.4 Å². The highest BCUT2D eigenvalue weighted by Gasteiger charge is 2.13. The summed E-state index contributed by atoms with van der Waals surface area (Å²) >= 11 is 12.5. The minimum atomic E-state index is -0.334. The summed E-state index contributed by atoms with van der Waals surface area (Å²) in [5.41, 5.74) is 3.23. The lowest BCUT2D eigenvalue weighted by molar-refractivity contribution is 0.0526. The quantitative estimate of drug-likeness (QED) is 0.376. The number of hydrogen-bond acceptors (Lipinski definition) is 5. The number of anilines is 1. The van der Waals surface area contributed by atoms with Crippen LogP contribution in [-0.2, 0) is 17.9 Å². The molecule has 162 valence electrons. The van der Waals surface area contributed by atoms with E-state index in [1.54, 1.807) is 26.2 Å². The summed E-state index contributed by atoms with van der Waals surface area (Å²) in [7, 11) is 1.57. The molecule has 0 spiro atoms. The number of rotatable bonds is 9. The second kappa shape index (κ2) is 10.9. The zero-order chi connectivity index (χ0) is 22.2. The number of esters is 1. The summed E-state index contributed by atoms with van der Waals surface area (Å²) in [4.78, 5) is 11.7. The van der Waals surface area contributed by atoms with Crippen LogP contribution in [0.1, 0.15) is 28.4 Å². The first kappa shape index (κ1) is 22.8. The molecule has 0 amide bonds. The Bertz CT molecular complexity index is 1040. The van der Waals surface area contributed by atoms with Crippen molar-refractivity contribution in [2.75, 3.05) is 19.0 Å². The Morgan fingerprint density at radius 3 is 2.45 bits per heavy atom. The Kier molecular flexibility index (Phi) is 8.04. The average molecular weight is 460 g/mol. The van der Waals surface area contributed by atoms with E-state index in [1.807, 2.05) is 48.5 Å². The molecule has 0 aliphatic carbocycles. The van der Waals surface area contributed by atoms with E-state index in [1.165, 1.54) is 0 Å². The van der Waals surface area contributed by atoms with E-state index >= 15 is 0 Å². The lowest BCUT2D eigenvalue weighted by Crippen LogP contribution is -2.05. The third-order valence-corrected chi connectivity index (χ3v) is 4.97. The summed E-state index contributed by atoms with van der Waals surface area (Å²) in [6.45, 7) is 2.96. The fourth-order valence-electron chi connectivity index (χ4n) is 2.94. The average Bonchev–Trinajstić information content (AvgIpc) is 2.77. The number of hydrogen-bond donors (Lipinski definition) is 1. The molecule has 0 heterocycles. The molecular weight excluding hydrogens is 437 g/mol. The standard InChI is InChI=1S/C24H23Cl2NO4/c1-3-30-24(28)18-7-9-20(10-8-18)27-14-17-12-21(26)23(22(13-17)29-2)31-15-16-5-4-6-19(25)11-16/h4-13,27H,3,14-15H2,1-2H3. The monoisotopic (exact) mass is 459 g/mol. The molecular formula is C24H23Cl2NO4. The minimum absolute atomic E-state index is 0.320. The maximum absolute atomic E-state index is 11.7.